The number of ether oxygens (including phenoxy) is 3. The van der Waals surface area contributed by atoms with Crippen LogP contribution in [-0.2, 0) is 38.2 Å². The molecule has 0 aromatic rings. The van der Waals surface area contributed by atoms with Crippen molar-refractivity contribution in [2.45, 2.75) is 103 Å². The third-order valence-corrected chi connectivity index (χ3v) is 10.3. The molecule has 0 aromatic carbocycles. The summed E-state index contributed by atoms with van der Waals surface area (Å²) in [4.78, 5) is 54.5. The third-order valence-electron chi connectivity index (χ3n) is 10.3. The Bertz CT molecular complexity index is 926. The Morgan fingerprint density at radius 2 is 1.00 bits per heavy atom. The van der Waals surface area contributed by atoms with E-state index in [1.165, 1.54) is 38.5 Å². The predicted molar refractivity (Wildman–Crippen MR) is 156 cm³/mol. The van der Waals surface area contributed by atoms with Crippen molar-refractivity contribution in [3.63, 3.8) is 0 Å². The summed E-state index contributed by atoms with van der Waals surface area (Å²) >= 11 is 0. The Morgan fingerprint density at radius 3 is 1.39 bits per heavy atom. The fourth-order valence-corrected chi connectivity index (χ4v) is 7.72. The Balaban J connectivity index is 0.000000294. The topological polar surface area (TPSA) is 154 Å². The summed E-state index contributed by atoms with van der Waals surface area (Å²) in [6.07, 6.45) is 17.0. The SMILES string of the molecule is O=C(O)[C@@H]1CCCC[C@H]1CO.O=C1OC(=O)[C@@H]2CCCCC12.O=C1OC[C@@H]2CCCC[C@@H]12.O=C1OC[C@@H]2CCCC[C@@H]12.[B].[H-].[Na+]. The first kappa shape index (κ1) is 38.8. The first-order valence-electron chi connectivity index (χ1n) is 16.2. The van der Waals surface area contributed by atoms with Crippen LogP contribution in [0.5, 0.6) is 0 Å². The van der Waals surface area contributed by atoms with E-state index < -0.39 is 5.97 Å². The number of carboxylic acid groups (broad SMARTS) is 1. The second-order valence-electron chi connectivity index (χ2n) is 13.0. The Hall–Kier alpha value is -1.43. The number of rotatable bonds is 2. The van der Waals surface area contributed by atoms with E-state index in [9.17, 15) is 24.0 Å². The molecule has 2 N–H and O–H groups in total. The number of carbonyl (C=O) groups is 5. The summed E-state index contributed by atoms with van der Waals surface area (Å²) < 4.78 is 14.5. The number of carboxylic acids is 1. The molecule has 10 nitrogen and oxygen atoms in total. The number of aliphatic carboxylic acids is 1. The van der Waals surface area contributed by atoms with Gasteiger partial charge in [0.1, 0.15) is 0 Å². The van der Waals surface area contributed by atoms with Gasteiger partial charge in [0.25, 0.3) is 0 Å². The van der Waals surface area contributed by atoms with Gasteiger partial charge in [-0.15, -0.1) is 0 Å². The van der Waals surface area contributed by atoms with E-state index in [1.54, 1.807) is 0 Å². The molecular formula is C32H49BNaO10. The van der Waals surface area contributed by atoms with Gasteiger partial charge in [-0.2, -0.15) is 0 Å². The molecule has 4 aliphatic carbocycles. The van der Waals surface area contributed by atoms with Gasteiger partial charge in [0.15, 0.2) is 0 Å². The number of aliphatic hydroxyl groups is 1. The number of hydrogen-bond donors (Lipinski definition) is 2. The van der Waals surface area contributed by atoms with Crippen molar-refractivity contribution >= 4 is 38.3 Å². The summed E-state index contributed by atoms with van der Waals surface area (Å²) in [7, 11) is 0. The standard InChI is InChI=1S/C8H10O3.C8H14O3.2C8H12O2.B.Na.H/c9-7-5-3-1-2-4-6(5)8(10)11-7;9-5-6-3-1-2-4-7(6)8(10)11;2*9-8-7-4-2-1-3-6(7)5-10-8;;;/h5-6H,1-4H2;6-7,9H,1-5H2,(H,10,11);2*6-7H,1-5H2;;;/q;;;;;+1;-1/t5-,6?;3*6-,7+;;;/m1000.../s1. The normalized spacial score (nSPS) is 34.8. The van der Waals surface area contributed by atoms with Crippen molar-refractivity contribution in [1.82, 2.24) is 0 Å². The van der Waals surface area contributed by atoms with Crippen LogP contribution in [0.2, 0.25) is 0 Å². The monoisotopic (exact) mass is 627 g/mol. The number of aliphatic hydroxyl groups excluding tert-OH is 1. The van der Waals surface area contributed by atoms with E-state index in [0.717, 1.165) is 64.2 Å². The molecule has 0 spiro atoms. The summed E-state index contributed by atoms with van der Waals surface area (Å²) in [5.41, 5.74) is 0. The second kappa shape index (κ2) is 19.3. The van der Waals surface area contributed by atoms with Crippen molar-refractivity contribution in [2.75, 3.05) is 19.8 Å². The van der Waals surface area contributed by atoms with Crippen LogP contribution in [0.3, 0.4) is 0 Å². The van der Waals surface area contributed by atoms with E-state index in [0.29, 0.717) is 25.0 Å². The van der Waals surface area contributed by atoms with Gasteiger partial charge < -0.3 is 25.9 Å². The maximum absolute atomic E-state index is 11.0. The van der Waals surface area contributed by atoms with Gasteiger partial charge in [0, 0.05) is 26.9 Å². The molecule has 3 radical (unpaired) electrons. The minimum absolute atomic E-state index is 0. The first-order chi connectivity index (χ1) is 20.3. The molecule has 4 saturated carbocycles. The molecule has 3 saturated heterocycles. The van der Waals surface area contributed by atoms with Gasteiger partial charge in [0.2, 0.25) is 0 Å². The molecule has 7 aliphatic rings. The van der Waals surface area contributed by atoms with Gasteiger partial charge >= 0.3 is 59.4 Å². The maximum Gasteiger partial charge on any atom is 1.00 e. The van der Waals surface area contributed by atoms with Crippen molar-refractivity contribution in [3.8, 4) is 0 Å². The van der Waals surface area contributed by atoms with Crippen LogP contribution in [0.25, 0.3) is 0 Å². The van der Waals surface area contributed by atoms with Crippen molar-refractivity contribution in [3.05, 3.63) is 0 Å². The largest absolute Gasteiger partial charge is 1.00 e. The van der Waals surface area contributed by atoms with Crippen molar-refractivity contribution < 1.29 is 79.4 Å². The zero-order valence-corrected chi connectivity index (χ0v) is 28.3. The van der Waals surface area contributed by atoms with Gasteiger partial charge in [0.05, 0.1) is 42.8 Å². The van der Waals surface area contributed by atoms with Crippen LogP contribution < -0.4 is 29.6 Å². The molecule has 8 atom stereocenters. The number of fused-ring (bicyclic) bond motifs is 3. The number of hydrogen-bond acceptors (Lipinski definition) is 9. The number of cyclic esters (lactones) is 4. The van der Waals surface area contributed by atoms with Crippen LogP contribution in [0.4, 0.5) is 0 Å². The smallest absolute Gasteiger partial charge is 1.00 e. The predicted octanol–water partition coefficient (Wildman–Crippen LogP) is 1.18. The van der Waals surface area contributed by atoms with Gasteiger partial charge in [-0.3, -0.25) is 24.0 Å². The molecule has 7 fully saturated rings. The third kappa shape index (κ3) is 10.3. The molecule has 0 aromatic heterocycles. The molecule has 3 heterocycles. The van der Waals surface area contributed by atoms with Crippen LogP contribution >= 0.6 is 0 Å². The summed E-state index contributed by atoms with van der Waals surface area (Å²) in [5.74, 6) is -0.0231. The van der Waals surface area contributed by atoms with Crippen LogP contribution in [0.15, 0.2) is 0 Å². The second-order valence-corrected chi connectivity index (χ2v) is 13.0. The van der Waals surface area contributed by atoms with Gasteiger partial charge in [-0.25, -0.2) is 0 Å². The average molecular weight is 628 g/mol. The fourth-order valence-electron chi connectivity index (χ4n) is 7.72. The first-order valence-corrected chi connectivity index (χ1v) is 16.2. The van der Waals surface area contributed by atoms with Crippen molar-refractivity contribution in [1.29, 1.82) is 0 Å². The van der Waals surface area contributed by atoms with Gasteiger partial charge in [-0.05, 0) is 57.3 Å². The summed E-state index contributed by atoms with van der Waals surface area (Å²) in [5, 5.41) is 17.6. The Labute approximate surface area is 286 Å². The van der Waals surface area contributed by atoms with Crippen molar-refractivity contribution in [2.24, 2.45) is 47.3 Å². The molecular weight excluding hydrogens is 578 g/mol. The molecule has 12 heteroatoms. The summed E-state index contributed by atoms with van der Waals surface area (Å²) in [6, 6.07) is 0. The minimum Gasteiger partial charge on any atom is -1.00 e. The van der Waals surface area contributed by atoms with Crippen LogP contribution in [0, 0.1) is 47.3 Å². The molecule has 44 heavy (non-hydrogen) atoms. The van der Waals surface area contributed by atoms with E-state index in [2.05, 4.69) is 4.74 Å². The zero-order chi connectivity index (χ0) is 30.1. The zero-order valence-electron chi connectivity index (χ0n) is 27.3. The van der Waals surface area contributed by atoms with E-state index in [4.69, 9.17) is 19.7 Å². The molecule has 0 amide bonds. The number of esters is 4. The van der Waals surface area contributed by atoms with E-state index in [1.807, 2.05) is 0 Å². The molecule has 1 unspecified atom stereocenters. The maximum atomic E-state index is 11.0. The molecule has 7 rings (SSSR count). The fraction of sp³-hybridized carbons (Fsp3) is 0.844. The Morgan fingerprint density at radius 1 is 0.614 bits per heavy atom. The van der Waals surface area contributed by atoms with Crippen LogP contribution in [-0.4, -0.2) is 68.3 Å². The minimum atomic E-state index is -0.747. The quantitative estimate of drug-likeness (QED) is 0.198. The van der Waals surface area contributed by atoms with Gasteiger partial charge in [-0.1, -0.05) is 51.4 Å². The van der Waals surface area contributed by atoms with E-state index >= 15 is 0 Å². The summed E-state index contributed by atoms with van der Waals surface area (Å²) in [6.45, 7) is 1.42. The Kier molecular flexibility index (Phi) is 17.0. The molecule has 3 aliphatic heterocycles. The van der Waals surface area contributed by atoms with E-state index in [-0.39, 0.29) is 105 Å². The molecule has 241 valence electrons. The van der Waals surface area contributed by atoms with Crippen LogP contribution in [0.1, 0.15) is 104 Å². The number of carbonyl (C=O) groups excluding carboxylic acids is 4. The average Bonchev–Trinajstić information content (AvgIpc) is 3.69. The molecule has 0 bridgehead atoms.